The monoisotopic (exact) mass is 300 g/mol. The smallest absolute Gasteiger partial charge is 0.260 e. The molecule has 0 aliphatic carbocycles. The van der Waals surface area contributed by atoms with Crippen LogP contribution in [-0.4, -0.2) is 40.5 Å². The molecule has 0 atom stereocenters. The van der Waals surface area contributed by atoms with Crippen LogP contribution in [-0.2, 0) is 28.6 Å². The van der Waals surface area contributed by atoms with Crippen molar-refractivity contribution >= 4 is 20.2 Å². The predicted molar refractivity (Wildman–Crippen MR) is 69.2 cm³/mol. The Kier molecular flexibility index (Phi) is 5.15. The van der Waals surface area contributed by atoms with E-state index in [2.05, 4.69) is 0 Å². The molecule has 0 unspecified atom stereocenters. The van der Waals surface area contributed by atoms with E-state index in [0.29, 0.717) is 0 Å². The normalized spacial score (nSPS) is 15.2. The van der Waals surface area contributed by atoms with Gasteiger partial charge in [-0.3, -0.25) is 8.37 Å². The molecule has 0 rings (SSSR count). The Bertz CT molecular complexity index is 463. The van der Waals surface area contributed by atoms with Gasteiger partial charge in [0.25, 0.3) is 20.2 Å². The highest BCUT2D eigenvalue weighted by atomic mass is 32.2. The highest BCUT2D eigenvalue weighted by molar-refractivity contribution is 7.86. The lowest BCUT2D eigenvalue weighted by Gasteiger charge is -2.23. The molecule has 0 fully saturated rings. The van der Waals surface area contributed by atoms with Crippen LogP contribution in [0.3, 0.4) is 0 Å². The summed E-state index contributed by atoms with van der Waals surface area (Å²) in [6, 6.07) is 0. The molecule has 8 heteroatoms. The fourth-order valence-corrected chi connectivity index (χ4v) is 2.91. The Morgan fingerprint density at radius 1 is 0.722 bits per heavy atom. The maximum absolute atomic E-state index is 11.0. The summed E-state index contributed by atoms with van der Waals surface area (Å²) in [6.45, 7) is 6.17. The SMILES string of the molecule is CC(C)(/C=C/C(C)(C)OS(C)(=O)=O)OS(C)(=O)=O. The summed E-state index contributed by atoms with van der Waals surface area (Å²) in [7, 11) is -7.19. The van der Waals surface area contributed by atoms with E-state index < -0.39 is 31.4 Å². The molecule has 0 aliphatic heterocycles. The molecule has 0 aliphatic rings. The van der Waals surface area contributed by atoms with Crippen molar-refractivity contribution in [3.8, 4) is 0 Å². The Labute approximate surface area is 109 Å². The minimum Gasteiger partial charge on any atom is -0.260 e. The van der Waals surface area contributed by atoms with Gasteiger partial charge in [-0.05, 0) is 27.7 Å². The lowest BCUT2D eigenvalue weighted by molar-refractivity contribution is 0.154. The molecule has 0 aromatic rings. The van der Waals surface area contributed by atoms with Gasteiger partial charge >= 0.3 is 0 Å². The van der Waals surface area contributed by atoms with Crippen LogP contribution in [0.4, 0.5) is 0 Å². The maximum atomic E-state index is 11.0. The Hall–Kier alpha value is -0.440. The summed E-state index contributed by atoms with van der Waals surface area (Å²) < 4.78 is 53.7. The number of hydrogen-bond acceptors (Lipinski definition) is 6. The molecule has 0 amide bonds. The molecule has 0 spiro atoms. The largest absolute Gasteiger partial charge is 0.265 e. The lowest BCUT2D eigenvalue weighted by Crippen LogP contribution is -2.29. The fourth-order valence-electron chi connectivity index (χ4n) is 1.24. The van der Waals surface area contributed by atoms with Crippen molar-refractivity contribution in [2.24, 2.45) is 0 Å². The van der Waals surface area contributed by atoms with Crippen LogP contribution in [0, 0.1) is 0 Å². The van der Waals surface area contributed by atoms with E-state index in [1.807, 2.05) is 0 Å². The van der Waals surface area contributed by atoms with Gasteiger partial charge in [0.05, 0.1) is 12.5 Å². The first kappa shape index (κ1) is 17.6. The van der Waals surface area contributed by atoms with Gasteiger partial charge in [0, 0.05) is 0 Å². The predicted octanol–water partition coefficient (Wildman–Crippen LogP) is 1.05. The highest BCUT2D eigenvalue weighted by Crippen LogP contribution is 2.20. The molecule has 0 N–H and O–H groups in total. The molecular formula is C10H20O6S2. The van der Waals surface area contributed by atoms with Crippen LogP contribution >= 0.6 is 0 Å². The quantitative estimate of drug-likeness (QED) is 0.538. The van der Waals surface area contributed by atoms with Crippen LogP contribution in [0.15, 0.2) is 12.2 Å². The second kappa shape index (κ2) is 5.28. The Morgan fingerprint density at radius 2 is 0.944 bits per heavy atom. The van der Waals surface area contributed by atoms with Gasteiger partial charge in [-0.25, -0.2) is 0 Å². The molecule has 18 heavy (non-hydrogen) atoms. The van der Waals surface area contributed by atoms with Gasteiger partial charge in [0.15, 0.2) is 0 Å². The molecular weight excluding hydrogens is 280 g/mol. The van der Waals surface area contributed by atoms with E-state index in [0.717, 1.165) is 12.5 Å². The molecule has 0 aromatic heterocycles. The van der Waals surface area contributed by atoms with Crippen molar-refractivity contribution in [3.05, 3.63) is 12.2 Å². The minimum absolute atomic E-state index is 0.945. The van der Waals surface area contributed by atoms with E-state index in [-0.39, 0.29) is 0 Å². The van der Waals surface area contributed by atoms with E-state index in [1.165, 1.54) is 12.2 Å². The van der Waals surface area contributed by atoms with Gasteiger partial charge in [-0.15, -0.1) is 0 Å². The summed E-state index contributed by atoms with van der Waals surface area (Å²) in [5.41, 5.74) is -2.16. The molecule has 108 valence electrons. The topological polar surface area (TPSA) is 86.7 Å². The third-order valence-electron chi connectivity index (χ3n) is 1.62. The van der Waals surface area contributed by atoms with Gasteiger partial charge in [0.2, 0.25) is 0 Å². The minimum atomic E-state index is -3.59. The summed E-state index contributed by atoms with van der Waals surface area (Å²) in [6.07, 6.45) is 4.78. The van der Waals surface area contributed by atoms with Gasteiger partial charge in [0.1, 0.15) is 11.2 Å². The van der Waals surface area contributed by atoms with Gasteiger partial charge in [-0.2, -0.15) is 16.8 Å². The zero-order chi connectivity index (χ0) is 14.8. The molecule has 6 nitrogen and oxygen atoms in total. The van der Waals surface area contributed by atoms with E-state index in [4.69, 9.17) is 8.37 Å². The number of rotatable bonds is 6. The Balaban J connectivity index is 4.93. The Morgan fingerprint density at radius 3 is 1.11 bits per heavy atom. The van der Waals surface area contributed by atoms with Crippen LogP contribution < -0.4 is 0 Å². The third-order valence-corrected chi connectivity index (χ3v) is 3.08. The van der Waals surface area contributed by atoms with Crippen LogP contribution in [0.5, 0.6) is 0 Å². The van der Waals surface area contributed by atoms with Crippen LogP contribution in [0.1, 0.15) is 27.7 Å². The zero-order valence-electron chi connectivity index (χ0n) is 11.4. The fraction of sp³-hybridized carbons (Fsp3) is 0.800. The molecule has 0 saturated heterocycles. The maximum Gasteiger partial charge on any atom is 0.265 e. The third kappa shape index (κ3) is 9.58. The number of hydrogen-bond donors (Lipinski definition) is 0. The highest BCUT2D eigenvalue weighted by Gasteiger charge is 2.25. The van der Waals surface area contributed by atoms with Crippen molar-refractivity contribution in [1.29, 1.82) is 0 Å². The first-order valence-electron chi connectivity index (χ1n) is 5.14. The summed E-state index contributed by atoms with van der Waals surface area (Å²) in [5.74, 6) is 0. The van der Waals surface area contributed by atoms with Crippen molar-refractivity contribution < 1.29 is 25.2 Å². The first-order chi connectivity index (χ1) is 7.62. The first-order valence-corrected chi connectivity index (χ1v) is 8.77. The molecule has 0 heterocycles. The van der Waals surface area contributed by atoms with Crippen molar-refractivity contribution in [1.82, 2.24) is 0 Å². The summed E-state index contributed by atoms with van der Waals surface area (Å²) in [4.78, 5) is 0. The lowest BCUT2D eigenvalue weighted by atomic mass is 10.0. The zero-order valence-corrected chi connectivity index (χ0v) is 13.1. The van der Waals surface area contributed by atoms with Crippen molar-refractivity contribution in [3.63, 3.8) is 0 Å². The summed E-state index contributed by atoms with van der Waals surface area (Å²) in [5, 5.41) is 0. The van der Waals surface area contributed by atoms with E-state index in [9.17, 15) is 16.8 Å². The standard InChI is InChI=1S/C10H20O6S2/c1-9(2,15-17(5,11)12)7-8-10(3,4)16-18(6,13)14/h7-8H,1-6H3/b8-7+. The average Bonchev–Trinajstić information content (AvgIpc) is 1.91. The van der Waals surface area contributed by atoms with Crippen molar-refractivity contribution in [2.75, 3.05) is 12.5 Å². The van der Waals surface area contributed by atoms with E-state index in [1.54, 1.807) is 27.7 Å². The van der Waals surface area contributed by atoms with Crippen molar-refractivity contribution in [2.45, 2.75) is 38.9 Å². The average molecular weight is 300 g/mol. The van der Waals surface area contributed by atoms with Crippen LogP contribution in [0.2, 0.25) is 0 Å². The molecule has 0 aromatic carbocycles. The second-order valence-electron chi connectivity index (χ2n) is 5.12. The van der Waals surface area contributed by atoms with Crippen LogP contribution in [0.25, 0.3) is 0 Å². The summed E-state index contributed by atoms with van der Waals surface area (Å²) >= 11 is 0. The van der Waals surface area contributed by atoms with E-state index >= 15 is 0 Å². The molecule has 0 bridgehead atoms. The van der Waals surface area contributed by atoms with Gasteiger partial charge in [-0.1, -0.05) is 12.2 Å². The second-order valence-corrected chi connectivity index (χ2v) is 8.26. The molecule has 0 saturated carbocycles. The van der Waals surface area contributed by atoms with Gasteiger partial charge < -0.3 is 0 Å². The molecule has 0 radical (unpaired) electrons.